The van der Waals surface area contributed by atoms with Crippen LogP contribution in [0, 0.1) is 0 Å². The van der Waals surface area contributed by atoms with Crippen LogP contribution in [0.3, 0.4) is 0 Å². The molecular formula is C15H10N2O3S. The normalized spacial score (nSPS) is 10.5. The third kappa shape index (κ3) is 2.61. The highest BCUT2D eigenvalue weighted by atomic mass is 32.1. The Labute approximate surface area is 123 Å². The number of thiophene rings is 1. The number of amides is 1. The van der Waals surface area contributed by atoms with E-state index in [2.05, 4.69) is 10.3 Å². The first-order valence-corrected chi connectivity index (χ1v) is 7.01. The maximum Gasteiger partial charge on any atom is 0.348 e. The molecule has 21 heavy (non-hydrogen) atoms. The van der Waals surface area contributed by atoms with Gasteiger partial charge in [0.1, 0.15) is 10.6 Å². The smallest absolute Gasteiger partial charge is 0.348 e. The summed E-state index contributed by atoms with van der Waals surface area (Å²) in [4.78, 5) is 27.6. The summed E-state index contributed by atoms with van der Waals surface area (Å²) in [5, 5.41) is 14.2. The lowest BCUT2D eigenvalue weighted by molar-refractivity contribution is 0.0703. The number of aromatic carboxylic acids is 1. The molecule has 1 aromatic carbocycles. The van der Waals surface area contributed by atoms with Gasteiger partial charge < -0.3 is 10.4 Å². The number of para-hydroxylation sites is 1. The fourth-order valence-corrected chi connectivity index (χ4v) is 2.64. The summed E-state index contributed by atoms with van der Waals surface area (Å²) >= 11 is 1.06. The molecule has 0 saturated heterocycles. The maximum atomic E-state index is 12.2. The van der Waals surface area contributed by atoms with Gasteiger partial charge in [-0.05, 0) is 23.6 Å². The molecule has 0 bridgehead atoms. The predicted molar refractivity (Wildman–Crippen MR) is 81.0 cm³/mol. The Bertz CT molecular complexity index is 842. The van der Waals surface area contributed by atoms with Crippen molar-refractivity contribution < 1.29 is 14.7 Å². The summed E-state index contributed by atoms with van der Waals surface area (Å²) in [5.41, 5.74) is 1.25. The standard InChI is InChI=1S/C15H10N2O3S/c18-14(17-11-7-8-21-13(11)15(19)20)12-6-5-9-3-1-2-4-10(9)16-12/h1-8H,(H,17,18)(H,19,20). The van der Waals surface area contributed by atoms with Gasteiger partial charge >= 0.3 is 5.97 Å². The Morgan fingerprint density at radius 1 is 1.10 bits per heavy atom. The Morgan fingerprint density at radius 3 is 2.71 bits per heavy atom. The molecule has 3 aromatic rings. The van der Waals surface area contributed by atoms with Crippen LogP contribution in [0.2, 0.25) is 0 Å². The van der Waals surface area contributed by atoms with Crippen molar-refractivity contribution in [2.45, 2.75) is 0 Å². The lowest BCUT2D eigenvalue weighted by atomic mass is 10.2. The molecule has 104 valence electrons. The molecule has 0 radical (unpaired) electrons. The van der Waals surface area contributed by atoms with Gasteiger partial charge in [-0.3, -0.25) is 4.79 Å². The molecule has 0 atom stereocenters. The van der Waals surface area contributed by atoms with Crippen LogP contribution < -0.4 is 5.32 Å². The number of nitrogens with zero attached hydrogens (tertiary/aromatic N) is 1. The molecular weight excluding hydrogens is 288 g/mol. The highest BCUT2D eigenvalue weighted by molar-refractivity contribution is 7.12. The molecule has 0 aliphatic rings. The van der Waals surface area contributed by atoms with Gasteiger partial charge in [-0.25, -0.2) is 9.78 Å². The van der Waals surface area contributed by atoms with E-state index in [4.69, 9.17) is 5.11 Å². The number of anilines is 1. The van der Waals surface area contributed by atoms with Gasteiger partial charge in [0.15, 0.2) is 0 Å². The second kappa shape index (κ2) is 5.34. The summed E-state index contributed by atoms with van der Waals surface area (Å²) in [5.74, 6) is -1.49. The number of rotatable bonds is 3. The van der Waals surface area contributed by atoms with E-state index in [1.807, 2.05) is 30.3 Å². The second-order valence-electron chi connectivity index (χ2n) is 4.31. The first kappa shape index (κ1) is 13.3. The third-order valence-electron chi connectivity index (χ3n) is 2.94. The Hall–Kier alpha value is -2.73. The topological polar surface area (TPSA) is 79.3 Å². The average Bonchev–Trinajstić information content (AvgIpc) is 2.95. The molecule has 1 amide bonds. The number of carbonyl (C=O) groups is 2. The van der Waals surface area contributed by atoms with E-state index < -0.39 is 11.9 Å². The van der Waals surface area contributed by atoms with E-state index in [1.54, 1.807) is 17.5 Å². The van der Waals surface area contributed by atoms with Crippen molar-refractivity contribution in [2.75, 3.05) is 5.32 Å². The minimum Gasteiger partial charge on any atom is -0.477 e. The average molecular weight is 298 g/mol. The van der Waals surface area contributed by atoms with Crippen molar-refractivity contribution in [1.29, 1.82) is 0 Å². The van der Waals surface area contributed by atoms with Crippen molar-refractivity contribution >= 4 is 39.8 Å². The van der Waals surface area contributed by atoms with Crippen molar-refractivity contribution in [3.63, 3.8) is 0 Å². The Morgan fingerprint density at radius 2 is 1.90 bits per heavy atom. The lowest BCUT2D eigenvalue weighted by Gasteiger charge is -2.05. The first-order chi connectivity index (χ1) is 10.1. The number of hydrogen-bond acceptors (Lipinski definition) is 4. The first-order valence-electron chi connectivity index (χ1n) is 6.13. The van der Waals surface area contributed by atoms with E-state index in [9.17, 15) is 9.59 Å². The summed E-state index contributed by atoms with van der Waals surface area (Å²) in [7, 11) is 0. The molecule has 5 nitrogen and oxygen atoms in total. The van der Waals surface area contributed by atoms with E-state index in [0.717, 1.165) is 16.7 Å². The molecule has 0 spiro atoms. The fourth-order valence-electron chi connectivity index (χ4n) is 1.95. The number of aromatic nitrogens is 1. The number of nitrogens with one attached hydrogen (secondary N) is 1. The second-order valence-corrected chi connectivity index (χ2v) is 5.23. The highest BCUT2D eigenvalue weighted by Gasteiger charge is 2.15. The number of fused-ring (bicyclic) bond motifs is 1. The monoisotopic (exact) mass is 298 g/mol. The quantitative estimate of drug-likeness (QED) is 0.778. The zero-order valence-corrected chi connectivity index (χ0v) is 11.6. The zero-order chi connectivity index (χ0) is 14.8. The van der Waals surface area contributed by atoms with Crippen molar-refractivity contribution in [3.05, 3.63) is 58.4 Å². The number of carboxylic acid groups (broad SMARTS) is 1. The van der Waals surface area contributed by atoms with Crippen molar-refractivity contribution in [2.24, 2.45) is 0 Å². The van der Waals surface area contributed by atoms with Gasteiger partial charge in [-0.2, -0.15) is 0 Å². The minimum atomic E-state index is -1.06. The Kier molecular flexibility index (Phi) is 3.37. The SMILES string of the molecule is O=C(Nc1ccsc1C(=O)O)c1ccc2ccccc2n1. The molecule has 2 aromatic heterocycles. The minimum absolute atomic E-state index is 0.101. The van der Waals surface area contributed by atoms with E-state index in [-0.39, 0.29) is 16.3 Å². The summed E-state index contributed by atoms with van der Waals surface area (Å²) in [6.45, 7) is 0. The number of hydrogen-bond donors (Lipinski definition) is 2. The Balaban J connectivity index is 1.90. The van der Waals surface area contributed by atoms with Gasteiger partial charge in [-0.15, -0.1) is 11.3 Å². The summed E-state index contributed by atoms with van der Waals surface area (Å²) in [6.07, 6.45) is 0. The van der Waals surface area contributed by atoms with Gasteiger partial charge in [0.05, 0.1) is 11.2 Å². The largest absolute Gasteiger partial charge is 0.477 e. The molecule has 0 aliphatic heterocycles. The molecule has 6 heteroatoms. The van der Waals surface area contributed by atoms with Gasteiger partial charge in [0, 0.05) is 5.39 Å². The summed E-state index contributed by atoms with van der Waals surface area (Å²) < 4.78 is 0. The van der Waals surface area contributed by atoms with Crippen LogP contribution in [0.25, 0.3) is 10.9 Å². The summed E-state index contributed by atoms with van der Waals surface area (Å²) in [6, 6.07) is 12.5. The molecule has 3 rings (SSSR count). The molecule has 0 saturated carbocycles. The van der Waals surface area contributed by atoms with Crippen LogP contribution in [-0.2, 0) is 0 Å². The predicted octanol–water partition coefficient (Wildman–Crippen LogP) is 3.25. The van der Waals surface area contributed by atoms with E-state index in [1.165, 1.54) is 0 Å². The van der Waals surface area contributed by atoms with E-state index in [0.29, 0.717) is 5.52 Å². The highest BCUT2D eigenvalue weighted by Crippen LogP contribution is 2.23. The van der Waals surface area contributed by atoms with Crippen LogP contribution in [0.5, 0.6) is 0 Å². The maximum absolute atomic E-state index is 12.2. The van der Waals surface area contributed by atoms with Crippen molar-refractivity contribution in [3.8, 4) is 0 Å². The van der Waals surface area contributed by atoms with Crippen molar-refractivity contribution in [1.82, 2.24) is 4.98 Å². The van der Waals surface area contributed by atoms with Gasteiger partial charge in [0.2, 0.25) is 0 Å². The van der Waals surface area contributed by atoms with Gasteiger partial charge in [-0.1, -0.05) is 24.3 Å². The molecule has 0 aliphatic carbocycles. The molecule has 2 N–H and O–H groups in total. The zero-order valence-electron chi connectivity index (χ0n) is 10.7. The van der Waals surface area contributed by atoms with Crippen LogP contribution in [-0.4, -0.2) is 22.0 Å². The van der Waals surface area contributed by atoms with Crippen LogP contribution in [0.1, 0.15) is 20.2 Å². The van der Waals surface area contributed by atoms with Crippen LogP contribution >= 0.6 is 11.3 Å². The number of carbonyl (C=O) groups excluding carboxylic acids is 1. The van der Waals surface area contributed by atoms with E-state index >= 15 is 0 Å². The third-order valence-corrected chi connectivity index (χ3v) is 3.84. The fraction of sp³-hybridized carbons (Fsp3) is 0. The molecule has 0 fully saturated rings. The van der Waals surface area contributed by atoms with Crippen LogP contribution in [0.15, 0.2) is 47.8 Å². The number of benzene rings is 1. The molecule has 2 heterocycles. The van der Waals surface area contributed by atoms with Gasteiger partial charge in [0.25, 0.3) is 5.91 Å². The molecule has 0 unspecified atom stereocenters. The lowest BCUT2D eigenvalue weighted by Crippen LogP contribution is -2.14. The number of carboxylic acids is 1. The van der Waals surface area contributed by atoms with Crippen LogP contribution in [0.4, 0.5) is 5.69 Å². The number of pyridine rings is 1.